The van der Waals surface area contributed by atoms with Gasteiger partial charge in [-0.3, -0.25) is 0 Å². The molecule has 5 heteroatoms. The second-order valence-corrected chi connectivity index (χ2v) is 6.54. The van der Waals surface area contributed by atoms with Gasteiger partial charge in [-0.05, 0) is 36.1 Å². The summed E-state index contributed by atoms with van der Waals surface area (Å²) in [6, 6.07) is 9.80. The molecule has 0 aliphatic carbocycles. The van der Waals surface area contributed by atoms with E-state index in [9.17, 15) is 4.79 Å². The Labute approximate surface area is 131 Å². The molecule has 104 valence electrons. The summed E-state index contributed by atoms with van der Waals surface area (Å²) in [5, 5.41) is 0.709. The highest BCUT2D eigenvalue weighted by Gasteiger charge is 2.09. The van der Waals surface area contributed by atoms with Gasteiger partial charge in [0.15, 0.2) is 0 Å². The molecule has 0 unspecified atom stereocenters. The molecule has 0 aliphatic rings. The molecule has 1 aromatic carbocycles. The van der Waals surface area contributed by atoms with Crippen LogP contribution in [0.15, 0.2) is 40.6 Å². The van der Waals surface area contributed by atoms with Gasteiger partial charge in [0.25, 0.3) is 0 Å². The Balaban J connectivity index is 2.41. The zero-order chi connectivity index (χ0) is 14.5. The van der Waals surface area contributed by atoms with Gasteiger partial charge in [0.2, 0.25) is 0 Å². The van der Waals surface area contributed by atoms with Crippen molar-refractivity contribution in [3.63, 3.8) is 0 Å². The van der Waals surface area contributed by atoms with Crippen molar-refractivity contribution in [3.8, 4) is 11.1 Å². The molecule has 0 fully saturated rings. The smallest absolute Gasteiger partial charge is 0.330 e. The highest BCUT2D eigenvalue weighted by molar-refractivity contribution is 8.00. The van der Waals surface area contributed by atoms with Gasteiger partial charge < -0.3 is 4.74 Å². The lowest BCUT2D eigenvalue weighted by Gasteiger charge is -2.00. The molecule has 0 N–H and O–H groups in total. The number of hydrogen-bond donors (Lipinski definition) is 0. The van der Waals surface area contributed by atoms with Gasteiger partial charge in [0.1, 0.15) is 0 Å². The van der Waals surface area contributed by atoms with Crippen molar-refractivity contribution >= 4 is 46.7 Å². The molecule has 0 saturated carbocycles. The van der Waals surface area contributed by atoms with Crippen LogP contribution in [-0.2, 0) is 9.53 Å². The number of thioether (sulfide) groups is 1. The van der Waals surface area contributed by atoms with Crippen molar-refractivity contribution in [1.82, 2.24) is 0 Å². The standard InChI is InChI=1S/C15H13ClO2S2/c1-18-14(17)8-7-13-12(9-15(19-2)20-13)10-3-5-11(16)6-4-10/h3-9H,1-2H3/b8-7+. The third-order valence-electron chi connectivity index (χ3n) is 2.67. The average molecular weight is 325 g/mol. The topological polar surface area (TPSA) is 26.3 Å². The minimum atomic E-state index is -0.355. The fourth-order valence-electron chi connectivity index (χ4n) is 1.67. The van der Waals surface area contributed by atoms with E-state index in [0.717, 1.165) is 16.0 Å². The summed E-state index contributed by atoms with van der Waals surface area (Å²) in [6.07, 6.45) is 5.26. The molecule has 2 aromatic rings. The Kier molecular flexibility index (Phi) is 5.29. The molecule has 0 bridgehead atoms. The maximum absolute atomic E-state index is 11.2. The van der Waals surface area contributed by atoms with Crippen LogP contribution in [-0.4, -0.2) is 19.3 Å². The Hall–Kier alpha value is -1.23. The van der Waals surface area contributed by atoms with Crippen LogP contribution < -0.4 is 0 Å². The fourth-order valence-corrected chi connectivity index (χ4v) is 3.45. The van der Waals surface area contributed by atoms with Crippen LogP contribution in [0.25, 0.3) is 17.2 Å². The van der Waals surface area contributed by atoms with Gasteiger partial charge >= 0.3 is 5.97 Å². The van der Waals surface area contributed by atoms with Crippen LogP contribution in [0, 0.1) is 0 Å². The zero-order valence-electron chi connectivity index (χ0n) is 11.1. The van der Waals surface area contributed by atoms with Crippen molar-refractivity contribution in [1.29, 1.82) is 0 Å². The van der Waals surface area contributed by atoms with Gasteiger partial charge in [0.05, 0.1) is 11.3 Å². The Morgan fingerprint density at radius 2 is 2.05 bits per heavy atom. The summed E-state index contributed by atoms with van der Waals surface area (Å²) in [5.74, 6) is -0.355. The molecule has 1 aromatic heterocycles. The monoisotopic (exact) mass is 324 g/mol. The highest BCUT2D eigenvalue weighted by Crippen LogP contribution is 2.37. The molecule has 0 aliphatic heterocycles. The number of esters is 1. The van der Waals surface area contributed by atoms with Crippen molar-refractivity contribution in [2.75, 3.05) is 13.4 Å². The minimum absolute atomic E-state index is 0.355. The summed E-state index contributed by atoms with van der Waals surface area (Å²) in [5.41, 5.74) is 2.17. The van der Waals surface area contributed by atoms with E-state index in [-0.39, 0.29) is 5.97 Å². The predicted octanol–water partition coefficient (Wildman–Crippen LogP) is 4.98. The molecule has 0 amide bonds. The number of carbonyl (C=O) groups is 1. The summed E-state index contributed by atoms with van der Waals surface area (Å²) in [7, 11) is 1.37. The lowest BCUT2D eigenvalue weighted by Crippen LogP contribution is -1.93. The summed E-state index contributed by atoms with van der Waals surface area (Å²) in [4.78, 5) is 12.3. The molecule has 0 atom stereocenters. The van der Waals surface area contributed by atoms with Crippen LogP contribution >= 0.6 is 34.7 Å². The quantitative estimate of drug-likeness (QED) is 0.451. The summed E-state index contributed by atoms with van der Waals surface area (Å²) < 4.78 is 5.82. The van der Waals surface area contributed by atoms with Gasteiger partial charge in [0, 0.05) is 21.5 Å². The third kappa shape index (κ3) is 3.66. The van der Waals surface area contributed by atoms with Crippen molar-refractivity contribution in [3.05, 3.63) is 46.3 Å². The molecule has 1 heterocycles. The largest absolute Gasteiger partial charge is 0.466 e. The van der Waals surface area contributed by atoms with E-state index < -0.39 is 0 Å². The fraction of sp³-hybridized carbons (Fsp3) is 0.133. The van der Waals surface area contributed by atoms with E-state index in [1.807, 2.05) is 30.5 Å². The van der Waals surface area contributed by atoms with E-state index >= 15 is 0 Å². The van der Waals surface area contributed by atoms with E-state index in [1.54, 1.807) is 29.2 Å². The van der Waals surface area contributed by atoms with Gasteiger partial charge in [-0.25, -0.2) is 4.79 Å². The van der Waals surface area contributed by atoms with Crippen LogP contribution in [0.5, 0.6) is 0 Å². The maximum Gasteiger partial charge on any atom is 0.330 e. The van der Waals surface area contributed by atoms with Gasteiger partial charge in [-0.2, -0.15) is 0 Å². The first-order valence-electron chi connectivity index (χ1n) is 5.84. The van der Waals surface area contributed by atoms with Crippen LogP contribution in [0.3, 0.4) is 0 Å². The Morgan fingerprint density at radius 1 is 1.35 bits per heavy atom. The van der Waals surface area contributed by atoms with Crippen LogP contribution in [0.1, 0.15) is 4.88 Å². The zero-order valence-corrected chi connectivity index (χ0v) is 13.4. The van der Waals surface area contributed by atoms with E-state index in [0.29, 0.717) is 5.02 Å². The predicted molar refractivity (Wildman–Crippen MR) is 87.6 cm³/mol. The molecular weight excluding hydrogens is 312 g/mol. The molecular formula is C15H13ClO2S2. The molecule has 0 saturated heterocycles. The SMILES string of the molecule is COC(=O)/C=C/c1sc(SC)cc1-c1ccc(Cl)cc1. The van der Waals surface area contributed by atoms with Gasteiger partial charge in [-0.15, -0.1) is 23.1 Å². The number of halogens is 1. The molecule has 0 radical (unpaired) electrons. The third-order valence-corrected chi connectivity index (χ3v) is 5.08. The second kappa shape index (κ2) is 6.97. The first-order chi connectivity index (χ1) is 9.63. The normalized spacial score (nSPS) is 10.9. The van der Waals surface area contributed by atoms with E-state index in [1.165, 1.54) is 17.4 Å². The molecule has 20 heavy (non-hydrogen) atoms. The van der Waals surface area contributed by atoms with Crippen LogP contribution in [0.2, 0.25) is 5.02 Å². The van der Waals surface area contributed by atoms with E-state index in [4.69, 9.17) is 11.6 Å². The van der Waals surface area contributed by atoms with Gasteiger partial charge in [-0.1, -0.05) is 23.7 Å². The second-order valence-electron chi connectivity index (χ2n) is 3.91. The average Bonchev–Trinajstić information content (AvgIpc) is 2.89. The van der Waals surface area contributed by atoms with Crippen LogP contribution in [0.4, 0.5) is 0 Å². The van der Waals surface area contributed by atoms with Crippen molar-refractivity contribution in [2.45, 2.75) is 4.21 Å². The number of thiophene rings is 1. The number of methoxy groups -OCH3 is 1. The van der Waals surface area contributed by atoms with E-state index in [2.05, 4.69) is 10.8 Å². The maximum atomic E-state index is 11.2. The Morgan fingerprint density at radius 3 is 2.65 bits per heavy atom. The minimum Gasteiger partial charge on any atom is -0.466 e. The Bertz CT molecular complexity index is 630. The number of ether oxygens (including phenoxy) is 1. The molecule has 0 spiro atoms. The highest BCUT2D eigenvalue weighted by atomic mass is 35.5. The van der Waals surface area contributed by atoms with Crippen molar-refractivity contribution in [2.24, 2.45) is 0 Å². The van der Waals surface area contributed by atoms with Crippen molar-refractivity contribution < 1.29 is 9.53 Å². The molecule has 2 rings (SSSR count). The number of carbonyl (C=O) groups excluding carboxylic acids is 1. The number of benzene rings is 1. The number of rotatable bonds is 4. The lowest BCUT2D eigenvalue weighted by molar-refractivity contribution is -0.134. The first kappa shape index (κ1) is 15.2. The first-order valence-corrected chi connectivity index (χ1v) is 8.25. The lowest BCUT2D eigenvalue weighted by atomic mass is 10.1. The summed E-state index contributed by atoms with van der Waals surface area (Å²) >= 11 is 9.25. The molecule has 2 nitrogen and oxygen atoms in total. The number of hydrogen-bond acceptors (Lipinski definition) is 4. The summed E-state index contributed by atoms with van der Waals surface area (Å²) in [6.45, 7) is 0.